The summed E-state index contributed by atoms with van der Waals surface area (Å²) >= 11 is 3.21. The van der Waals surface area contributed by atoms with Crippen molar-refractivity contribution in [1.82, 2.24) is 0 Å². The Kier molecular flexibility index (Phi) is 12.0. The summed E-state index contributed by atoms with van der Waals surface area (Å²) in [4.78, 5) is 69.2. The van der Waals surface area contributed by atoms with Gasteiger partial charge in [-0.2, -0.15) is 0 Å². The Morgan fingerprint density at radius 2 is 1.10 bits per heavy atom. The predicted octanol–water partition coefficient (Wildman–Crippen LogP) is 4.81. The van der Waals surface area contributed by atoms with Gasteiger partial charge >= 0.3 is 0 Å². The molecule has 2 saturated heterocycles. The molecule has 14 heteroatoms. The number of amides is 4. The van der Waals surface area contributed by atoms with Crippen LogP contribution in [0.3, 0.4) is 0 Å². The van der Waals surface area contributed by atoms with Gasteiger partial charge in [0.2, 0.25) is 23.6 Å². The summed E-state index contributed by atoms with van der Waals surface area (Å²) in [5.74, 6) is -1.13. The average Bonchev–Trinajstić information content (AvgIpc) is 3.38. The zero-order valence-corrected chi connectivity index (χ0v) is 21.1. The number of hydrogen-bond donors (Lipinski definition) is 0. The highest BCUT2D eigenvalue weighted by Gasteiger charge is 2.33. The van der Waals surface area contributed by atoms with Gasteiger partial charge in [-0.25, -0.2) is 0 Å². The minimum atomic E-state index is -0.531. The van der Waals surface area contributed by atoms with Crippen LogP contribution >= 0.6 is 15.9 Å². The SMILES string of the molecule is C.C.COCc1cc([N+](=O)[O-])ccc1N1C(=O)CCC1=O.O=C1CCC(=O)N1c1ccc([N+](=O)[O-])cc1CBr. The number of rotatable bonds is 7. The minimum Gasteiger partial charge on any atom is -0.380 e. The highest BCUT2D eigenvalue weighted by atomic mass is 79.9. The number of halogens is 1. The van der Waals surface area contributed by atoms with E-state index >= 15 is 0 Å². The van der Waals surface area contributed by atoms with E-state index in [1.807, 2.05) is 0 Å². The van der Waals surface area contributed by atoms with Crippen LogP contribution in [0.5, 0.6) is 0 Å². The second-order valence-corrected chi connectivity index (χ2v) is 8.51. The minimum absolute atomic E-state index is 0. The number of nitro benzene ring substituents is 2. The Labute approximate surface area is 233 Å². The summed E-state index contributed by atoms with van der Waals surface area (Å²) in [7, 11) is 1.44. The van der Waals surface area contributed by atoms with E-state index in [2.05, 4.69) is 15.9 Å². The first-order valence-corrected chi connectivity index (χ1v) is 12.0. The quantitative estimate of drug-likeness (QED) is 0.185. The molecule has 2 aromatic carbocycles. The number of carbonyl (C=O) groups is 4. The monoisotopic (exact) mass is 608 g/mol. The van der Waals surface area contributed by atoms with Crippen molar-refractivity contribution in [2.45, 2.75) is 52.5 Å². The lowest BCUT2D eigenvalue weighted by atomic mass is 10.1. The number of imide groups is 2. The molecule has 2 aromatic rings. The highest BCUT2D eigenvalue weighted by Crippen LogP contribution is 2.31. The molecule has 2 aliphatic rings. The lowest BCUT2D eigenvalue weighted by Crippen LogP contribution is -2.29. The lowest BCUT2D eigenvalue weighted by molar-refractivity contribution is -0.385. The first-order chi connectivity index (χ1) is 17.6. The average molecular weight is 609 g/mol. The highest BCUT2D eigenvalue weighted by molar-refractivity contribution is 9.08. The van der Waals surface area contributed by atoms with Gasteiger partial charge in [-0.15, -0.1) is 0 Å². The summed E-state index contributed by atoms with van der Waals surface area (Å²) in [6.07, 6.45) is 0.722. The van der Waals surface area contributed by atoms with Crippen LogP contribution in [-0.2, 0) is 35.9 Å². The topological polar surface area (TPSA) is 170 Å². The van der Waals surface area contributed by atoms with E-state index in [0.29, 0.717) is 27.8 Å². The number of benzene rings is 2. The molecule has 0 spiro atoms. The van der Waals surface area contributed by atoms with Gasteiger partial charge in [-0.1, -0.05) is 30.8 Å². The van der Waals surface area contributed by atoms with Crippen molar-refractivity contribution in [2.75, 3.05) is 16.9 Å². The van der Waals surface area contributed by atoms with Crippen molar-refractivity contribution in [2.24, 2.45) is 0 Å². The first-order valence-electron chi connectivity index (χ1n) is 10.9. The molecule has 210 valence electrons. The third-order valence-corrected chi connectivity index (χ3v) is 6.18. The van der Waals surface area contributed by atoms with Crippen LogP contribution in [-0.4, -0.2) is 40.6 Å². The normalized spacial score (nSPS) is 14.4. The van der Waals surface area contributed by atoms with Crippen LogP contribution in [0, 0.1) is 20.2 Å². The van der Waals surface area contributed by atoms with Crippen LogP contribution in [0.15, 0.2) is 36.4 Å². The maximum atomic E-state index is 11.7. The van der Waals surface area contributed by atoms with E-state index in [9.17, 15) is 39.4 Å². The van der Waals surface area contributed by atoms with Crippen LogP contribution in [0.25, 0.3) is 0 Å². The Morgan fingerprint density at radius 3 is 1.44 bits per heavy atom. The Bertz CT molecular complexity index is 1270. The van der Waals surface area contributed by atoms with Crippen LogP contribution in [0.2, 0.25) is 0 Å². The summed E-state index contributed by atoms with van der Waals surface area (Å²) in [6, 6.07) is 8.10. The Hall–Kier alpha value is -4.04. The molecule has 2 aliphatic heterocycles. The van der Waals surface area contributed by atoms with E-state index in [1.54, 1.807) is 0 Å². The molecule has 0 radical (unpaired) electrons. The zero-order valence-electron chi connectivity index (χ0n) is 19.5. The van der Waals surface area contributed by atoms with Gasteiger partial charge in [0.25, 0.3) is 11.4 Å². The number of methoxy groups -OCH3 is 1. The molecule has 0 aromatic heterocycles. The summed E-state index contributed by atoms with van der Waals surface area (Å²) in [5, 5.41) is 21.7. The largest absolute Gasteiger partial charge is 0.380 e. The molecule has 2 fully saturated rings. The number of anilines is 2. The molecule has 39 heavy (non-hydrogen) atoms. The molecule has 4 rings (SSSR count). The van der Waals surface area contributed by atoms with Gasteiger partial charge in [-0.3, -0.25) is 49.2 Å². The standard InChI is InChI=1S/C12H12N2O5.C11H9BrN2O4.2CH4/c1-19-7-8-6-9(14(17)18)2-3-10(8)13-11(15)4-5-12(13)16;12-6-7-5-8(14(17)18)1-2-9(7)13-10(15)3-4-11(13)16;;/h2-3,6H,4-5,7H2,1H3;1-2,5H,3-4,6H2;2*1H4. The third-order valence-electron chi connectivity index (χ3n) is 5.58. The molecule has 0 bridgehead atoms. The zero-order chi connectivity index (χ0) is 27.3. The third kappa shape index (κ3) is 7.29. The fraction of sp³-hybridized carbons (Fsp3) is 0.360. The van der Waals surface area contributed by atoms with Gasteiger partial charge in [0, 0.05) is 68.0 Å². The first kappa shape index (κ1) is 33.0. The summed E-state index contributed by atoms with van der Waals surface area (Å²) < 4.78 is 4.96. The number of hydrogen-bond acceptors (Lipinski definition) is 9. The van der Waals surface area contributed by atoms with Crippen LogP contribution in [0.4, 0.5) is 22.7 Å². The maximum Gasteiger partial charge on any atom is 0.269 e. The maximum absolute atomic E-state index is 11.7. The molecule has 0 unspecified atom stereocenters. The molecule has 0 aliphatic carbocycles. The van der Waals surface area contributed by atoms with Gasteiger partial charge in [-0.05, 0) is 17.7 Å². The number of non-ortho nitro benzene ring substituents is 2. The second kappa shape index (κ2) is 14.2. The second-order valence-electron chi connectivity index (χ2n) is 7.95. The van der Waals surface area contributed by atoms with Gasteiger partial charge in [0.15, 0.2) is 0 Å². The molecule has 13 nitrogen and oxygen atoms in total. The Balaban J connectivity index is 0.000000371. The molecule has 0 saturated carbocycles. The summed E-state index contributed by atoms with van der Waals surface area (Å²) in [5.41, 5.74) is 1.61. The molecule has 4 amide bonds. The van der Waals surface area contributed by atoms with Crippen LogP contribution < -0.4 is 9.80 Å². The van der Waals surface area contributed by atoms with Crippen molar-refractivity contribution in [1.29, 1.82) is 0 Å². The van der Waals surface area contributed by atoms with Crippen molar-refractivity contribution >= 4 is 62.3 Å². The van der Waals surface area contributed by atoms with E-state index < -0.39 is 9.85 Å². The molecular formula is C25H29BrN4O9. The van der Waals surface area contributed by atoms with Gasteiger partial charge in [0.1, 0.15) is 0 Å². The van der Waals surface area contributed by atoms with E-state index in [0.717, 1.165) is 9.80 Å². The number of nitrogens with zero attached hydrogens (tertiary/aromatic N) is 4. The molecule has 0 N–H and O–H groups in total. The molecular weight excluding hydrogens is 580 g/mol. The van der Waals surface area contributed by atoms with Crippen molar-refractivity contribution in [3.8, 4) is 0 Å². The lowest BCUT2D eigenvalue weighted by Gasteiger charge is -2.17. The van der Waals surface area contributed by atoms with Gasteiger partial charge in [0.05, 0.1) is 27.8 Å². The number of carbonyl (C=O) groups excluding carboxylic acids is 4. The number of ether oxygens (including phenoxy) is 1. The molecule has 0 atom stereocenters. The fourth-order valence-electron chi connectivity index (χ4n) is 3.88. The smallest absolute Gasteiger partial charge is 0.269 e. The van der Waals surface area contributed by atoms with Crippen molar-refractivity contribution in [3.05, 3.63) is 67.8 Å². The van der Waals surface area contributed by atoms with Crippen molar-refractivity contribution < 1.29 is 33.8 Å². The van der Waals surface area contributed by atoms with Crippen molar-refractivity contribution in [3.63, 3.8) is 0 Å². The van der Waals surface area contributed by atoms with Gasteiger partial charge < -0.3 is 4.74 Å². The van der Waals surface area contributed by atoms with E-state index in [-0.39, 0.29) is 82.1 Å². The van der Waals surface area contributed by atoms with E-state index in [4.69, 9.17) is 4.74 Å². The summed E-state index contributed by atoms with van der Waals surface area (Å²) in [6.45, 7) is 0.0913. The van der Waals surface area contributed by atoms with E-state index in [1.165, 1.54) is 43.5 Å². The fourth-order valence-corrected chi connectivity index (χ4v) is 4.33. The predicted molar refractivity (Wildman–Crippen MR) is 146 cm³/mol. The number of nitro groups is 2. The Morgan fingerprint density at radius 1 is 0.744 bits per heavy atom. The molecule has 2 heterocycles. The van der Waals surface area contributed by atoms with Crippen LogP contribution in [0.1, 0.15) is 51.7 Å². The number of alkyl halides is 1.